The second-order valence-electron chi connectivity index (χ2n) is 6.05. The van der Waals surface area contributed by atoms with Crippen molar-refractivity contribution >= 4 is 5.69 Å². The summed E-state index contributed by atoms with van der Waals surface area (Å²) < 4.78 is 5.44. The Labute approximate surface area is 115 Å². The first kappa shape index (κ1) is 12.9. The number of hydrogen-bond acceptors (Lipinski definition) is 3. The van der Waals surface area contributed by atoms with Gasteiger partial charge in [0, 0.05) is 36.9 Å². The summed E-state index contributed by atoms with van der Waals surface area (Å²) in [6.45, 7) is 6.31. The number of anilines is 1. The van der Waals surface area contributed by atoms with Gasteiger partial charge in [0.1, 0.15) is 0 Å². The molecule has 0 spiro atoms. The van der Waals surface area contributed by atoms with Crippen molar-refractivity contribution in [3.63, 3.8) is 0 Å². The normalized spacial score (nSPS) is 24.8. The van der Waals surface area contributed by atoms with Crippen molar-refractivity contribution in [2.45, 2.75) is 37.6 Å². The highest BCUT2D eigenvalue weighted by atomic mass is 16.5. The largest absolute Gasteiger partial charge is 0.384 e. The van der Waals surface area contributed by atoms with Gasteiger partial charge < -0.3 is 15.4 Å². The molecule has 1 atom stereocenters. The molecule has 2 aliphatic heterocycles. The molecule has 3 heteroatoms. The molecule has 2 aliphatic rings. The lowest BCUT2D eigenvalue weighted by atomic mass is 9.91. The summed E-state index contributed by atoms with van der Waals surface area (Å²) in [5.41, 5.74) is 3.09. The van der Waals surface area contributed by atoms with E-state index >= 15 is 0 Å². The van der Waals surface area contributed by atoms with E-state index in [0.717, 1.165) is 39.1 Å². The summed E-state index contributed by atoms with van der Waals surface area (Å²) in [6, 6.07) is 8.69. The van der Waals surface area contributed by atoms with Crippen LogP contribution in [0.15, 0.2) is 24.3 Å². The van der Waals surface area contributed by atoms with E-state index in [9.17, 15) is 0 Å². The van der Waals surface area contributed by atoms with Gasteiger partial charge in [0.05, 0.1) is 0 Å². The lowest BCUT2D eigenvalue weighted by molar-refractivity contribution is 0.0452. The van der Waals surface area contributed by atoms with E-state index in [2.05, 4.69) is 41.8 Å². The van der Waals surface area contributed by atoms with Gasteiger partial charge >= 0.3 is 0 Å². The van der Waals surface area contributed by atoms with Gasteiger partial charge in [0.15, 0.2) is 0 Å². The topological polar surface area (TPSA) is 33.3 Å². The van der Waals surface area contributed by atoms with Gasteiger partial charge in [0.25, 0.3) is 0 Å². The molecular formula is C16H24N2O. The van der Waals surface area contributed by atoms with Crippen molar-refractivity contribution in [3.8, 4) is 0 Å². The summed E-state index contributed by atoms with van der Waals surface area (Å²) in [4.78, 5) is 0. The van der Waals surface area contributed by atoms with Crippen LogP contribution < -0.4 is 10.6 Å². The maximum atomic E-state index is 5.44. The highest BCUT2D eigenvalue weighted by molar-refractivity contribution is 5.57. The van der Waals surface area contributed by atoms with Gasteiger partial charge in [-0.2, -0.15) is 0 Å². The Balaban J connectivity index is 1.51. The molecule has 104 valence electrons. The second kappa shape index (κ2) is 5.51. The van der Waals surface area contributed by atoms with Crippen molar-refractivity contribution < 1.29 is 4.74 Å². The van der Waals surface area contributed by atoms with Crippen LogP contribution in [0.5, 0.6) is 0 Å². The Morgan fingerprint density at radius 2 is 2.11 bits per heavy atom. The van der Waals surface area contributed by atoms with Crippen molar-refractivity contribution in [1.82, 2.24) is 5.32 Å². The monoisotopic (exact) mass is 260 g/mol. The number of fused-ring (bicyclic) bond motifs is 1. The average molecular weight is 260 g/mol. The van der Waals surface area contributed by atoms with Crippen LogP contribution in [-0.4, -0.2) is 31.8 Å². The zero-order valence-corrected chi connectivity index (χ0v) is 11.7. The minimum Gasteiger partial charge on any atom is -0.384 e. The minimum atomic E-state index is 0.282. The molecular weight excluding hydrogens is 236 g/mol. The Hall–Kier alpha value is -1.06. The minimum absolute atomic E-state index is 0.282. The highest BCUT2D eigenvalue weighted by Gasteiger charge is 2.27. The molecule has 1 aromatic carbocycles. The standard InChI is InChI=1S/C16H24N2O/c1-16(7-10-19-11-8-16)18-9-6-13-12-17-15-5-3-2-4-14(13)15/h2-5,13,17-18H,6-12H2,1H3. The van der Waals surface area contributed by atoms with Crippen LogP contribution in [0, 0.1) is 0 Å². The number of para-hydroxylation sites is 1. The first-order chi connectivity index (χ1) is 9.27. The first-order valence-electron chi connectivity index (χ1n) is 7.42. The molecule has 1 aromatic rings. The molecule has 1 unspecified atom stereocenters. The third kappa shape index (κ3) is 2.93. The van der Waals surface area contributed by atoms with Gasteiger partial charge in [0.2, 0.25) is 0 Å². The number of nitrogens with one attached hydrogen (secondary N) is 2. The summed E-state index contributed by atoms with van der Waals surface area (Å²) in [5, 5.41) is 7.25. The van der Waals surface area contributed by atoms with E-state index < -0.39 is 0 Å². The fraction of sp³-hybridized carbons (Fsp3) is 0.625. The zero-order chi connectivity index (χ0) is 13.1. The van der Waals surface area contributed by atoms with Crippen molar-refractivity contribution in [1.29, 1.82) is 0 Å². The fourth-order valence-electron chi connectivity index (χ4n) is 3.16. The summed E-state index contributed by atoms with van der Waals surface area (Å²) in [7, 11) is 0. The molecule has 3 nitrogen and oxygen atoms in total. The average Bonchev–Trinajstić information content (AvgIpc) is 2.83. The van der Waals surface area contributed by atoms with Crippen LogP contribution in [0.25, 0.3) is 0 Å². The number of ether oxygens (including phenoxy) is 1. The maximum Gasteiger partial charge on any atom is 0.0483 e. The fourth-order valence-corrected chi connectivity index (χ4v) is 3.16. The van der Waals surface area contributed by atoms with Crippen LogP contribution in [0.3, 0.4) is 0 Å². The van der Waals surface area contributed by atoms with E-state index in [0.29, 0.717) is 5.92 Å². The van der Waals surface area contributed by atoms with E-state index in [-0.39, 0.29) is 5.54 Å². The van der Waals surface area contributed by atoms with Crippen molar-refractivity contribution in [3.05, 3.63) is 29.8 Å². The third-order valence-corrected chi connectivity index (χ3v) is 4.58. The summed E-state index contributed by atoms with van der Waals surface area (Å²) in [6.07, 6.45) is 3.47. The number of rotatable bonds is 4. The van der Waals surface area contributed by atoms with Crippen molar-refractivity contribution in [2.75, 3.05) is 31.6 Å². The molecule has 0 aliphatic carbocycles. The predicted molar refractivity (Wildman–Crippen MR) is 78.8 cm³/mol. The molecule has 1 saturated heterocycles. The lowest BCUT2D eigenvalue weighted by Gasteiger charge is -2.35. The Morgan fingerprint density at radius 3 is 2.95 bits per heavy atom. The number of benzene rings is 1. The van der Waals surface area contributed by atoms with E-state index in [1.165, 1.54) is 17.7 Å². The highest BCUT2D eigenvalue weighted by Crippen LogP contribution is 2.33. The quantitative estimate of drug-likeness (QED) is 0.873. The predicted octanol–water partition coefficient (Wildman–Crippen LogP) is 2.74. The Morgan fingerprint density at radius 1 is 1.32 bits per heavy atom. The second-order valence-corrected chi connectivity index (χ2v) is 6.05. The Kier molecular flexibility index (Phi) is 3.76. The van der Waals surface area contributed by atoms with Gasteiger partial charge in [-0.1, -0.05) is 18.2 Å². The van der Waals surface area contributed by atoms with Crippen LogP contribution in [0.2, 0.25) is 0 Å². The Bertz CT molecular complexity index is 427. The molecule has 2 N–H and O–H groups in total. The van der Waals surface area contributed by atoms with Crippen LogP contribution in [-0.2, 0) is 4.74 Å². The molecule has 0 aromatic heterocycles. The maximum absolute atomic E-state index is 5.44. The SMILES string of the molecule is CC1(NCCC2CNc3ccccc32)CCOCC1. The summed E-state index contributed by atoms with van der Waals surface area (Å²) in [5.74, 6) is 0.659. The van der Waals surface area contributed by atoms with Gasteiger partial charge in [-0.15, -0.1) is 0 Å². The van der Waals surface area contributed by atoms with Gasteiger partial charge in [-0.05, 0) is 44.4 Å². The molecule has 3 rings (SSSR count). The van der Waals surface area contributed by atoms with E-state index in [1.54, 1.807) is 0 Å². The lowest BCUT2D eigenvalue weighted by Crippen LogP contribution is -2.47. The molecule has 2 heterocycles. The first-order valence-corrected chi connectivity index (χ1v) is 7.42. The van der Waals surface area contributed by atoms with Gasteiger partial charge in [-0.3, -0.25) is 0 Å². The zero-order valence-electron chi connectivity index (χ0n) is 11.7. The van der Waals surface area contributed by atoms with Crippen LogP contribution >= 0.6 is 0 Å². The molecule has 1 fully saturated rings. The summed E-state index contributed by atoms with van der Waals surface area (Å²) >= 11 is 0. The van der Waals surface area contributed by atoms with Crippen molar-refractivity contribution in [2.24, 2.45) is 0 Å². The molecule has 0 radical (unpaired) electrons. The molecule has 0 amide bonds. The third-order valence-electron chi connectivity index (χ3n) is 4.58. The van der Waals surface area contributed by atoms with E-state index in [1.807, 2.05) is 0 Å². The number of hydrogen-bond donors (Lipinski definition) is 2. The molecule has 0 bridgehead atoms. The molecule has 0 saturated carbocycles. The van der Waals surface area contributed by atoms with Gasteiger partial charge in [-0.25, -0.2) is 0 Å². The van der Waals surface area contributed by atoms with Crippen LogP contribution in [0.1, 0.15) is 37.7 Å². The molecule has 19 heavy (non-hydrogen) atoms. The van der Waals surface area contributed by atoms with E-state index in [4.69, 9.17) is 4.74 Å². The smallest absolute Gasteiger partial charge is 0.0483 e. The van der Waals surface area contributed by atoms with Crippen LogP contribution in [0.4, 0.5) is 5.69 Å².